The van der Waals surface area contributed by atoms with Gasteiger partial charge in [0.1, 0.15) is 0 Å². The van der Waals surface area contributed by atoms with Crippen molar-refractivity contribution in [1.29, 1.82) is 0 Å². The lowest BCUT2D eigenvalue weighted by Crippen LogP contribution is -2.64. The van der Waals surface area contributed by atoms with E-state index >= 15 is 0 Å². The van der Waals surface area contributed by atoms with E-state index in [9.17, 15) is 4.79 Å². The first-order valence-electron chi connectivity index (χ1n) is 9.59. The second kappa shape index (κ2) is 7.87. The second-order valence-corrected chi connectivity index (χ2v) is 7.87. The molecule has 0 atom stereocenters. The summed E-state index contributed by atoms with van der Waals surface area (Å²) in [5.74, 6) is 0.226. The number of methoxy groups -OCH3 is 1. The SMILES string of the molecule is COCCN1CC2(CCCCC2)N(Cc2cnn(C(C)C)c2)CC1=O. The molecule has 1 aliphatic heterocycles. The molecule has 1 spiro atoms. The van der Waals surface area contributed by atoms with E-state index in [1.54, 1.807) is 7.11 Å². The molecular formula is C19H32N4O2. The highest BCUT2D eigenvalue weighted by atomic mass is 16.5. The highest BCUT2D eigenvalue weighted by Gasteiger charge is 2.44. The number of piperazine rings is 1. The maximum absolute atomic E-state index is 12.6. The second-order valence-electron chi connectivity index (χ2n) is 7.87. The molecule has 1 aromatic heterocycles. The average Bonchev–Trinajstić information content (AvgIpc) is 3.07. The van der Waals surface area contributed by atoms with E-state index in [1.165, 1.54) is 37.7 Å². The van der Waals surface area contributed by atoms with E-state index in [2.05, 4.69) is 30.0 Å². The van der Waals surface area contributed by atoms with Crippen LogP contribution in [0.3, 0.4) is 0 Å². The molecule has 0 unspecified atom stereocenters. The Balaban J connectivity index is 1.76. The molecule has 1 amide bonds. The maximum atomic E-state index is 12.6. The Hall–Kier alpha value is -1.40. The van der Waals surface area contributed by atoms with Crippen molar-refractivity contribution in [3.8, 4) is 0 Å². The summed E-state index contributed by atoms with van der Waals surface area (Å²) in [7, 11) is 1.70. The van der Waals surface area contributed by atoms with E-state index < -0.39 is 0 Å². The van der Waals surface area contributed by atoms with E-state index in [4.69, 9.17) is 4.74 Å². The Morgan fingerprint density at radius 3 is 2.68 bits per heavy atom. The predicted octanol–water partition coefficient (Wildman–Crippen LogP) is 2.46. The molecule has 1 aromatic rings. The zero-order valence-electron chi connectivity index (χ0n) is 15.9. The molecular weight excluding hydrogens is 316 g/mol. The van der Waals surface area contributed by atoms with Gasteiger partial charge in [-0.1, -0.05) is 19.3 Å². The van der Waals surface area contributed by atoms with Crippen LogP contribution in [0.1, 0.15) is 57.6 Å². The molecule has 25 heavy (non-hydrogen) atoms. The Bertz CT molecular complexity index is 578. The largest absolute Gasteiger partial charge is 0.383 e. The molecule has 1 saturated carbocycles. The number of ether oxygens (including phenoxy) is 1. The summed E-state index contributed by atoms with van der Waals surface area (Å²) in [6.45, 7) is 7.76. The van der Waals surface area contributed by atoms with Gasteiger partial charge in [-0.2, -0.15) is 5.10 Å². The fourth-order valence-corrected chi connectivity index (χ4v) is 4.25. The normalized spacial score (nSPS) is 21.4. The first kappa shape index (κ1) is 18.4. The third-order valence-electron chi connectivity index (χ3n) is 5.74. The molecule has 0 bridgehead atoms. The van der Waals surface area contributed by atoms with Crippen molar-refractivity contribution < 1.29 is 9.53 Å². The van der Waals surface area contributed by atoms with Crippen LogP contribution in [0.4, 0.5) is 0 Å². The van der Waals surface area contributed by atoms with Crippen LogP contribution >= 0.6 is 0 Å². The van der Waals surface area contributed by atoms with Crippen LogP contribution in [0.5, 0.6) is 0 Å². The predicted molar refractivity (Wildman–Crippen MR) is 97.3 cm³/mol. The van der Waals surface area contributed by atoms with Crippen LogP contribution in [0.25, 0.3) is 0 Å². The van der Waals surface area contributed by atoms with E-state index in [-0.39, 0.29) is 11.4 Å². The van der Waals surface area contributed by atoms with Gasteiger partial charge in [-0.3, -0.25) is 14.4 Å². The molecule has 0 aromatic carbocycles. The molecule has 2 aliphatic rings. The lowest BCUT2D eigenvalue weighted by atomic mass is 9.78. The van der Waals surface area contributed by atoms with Gasteiger partial charge in [0.2, 0.25) is 5.91 Å². The first-order valence-corrected chi connectivity index (χ1v) is 9.59. The van der Waals surface area contributed by atoms with Crippen LogP contribution in [0, 0.1) is 0 Å². The third kappa shape index (κ3) is 4.06. The number of amides is 1. The van der Waals surface area contributed by atoms with Crippen molar-refractivity contribution in [2.24, 2.45) is 0 Å². The molecule has 0 N–H and O–H groups in total. The summed E-state index contributed by atoms with van der Waals surface area (Å²) in [6.07, 6.45) is 10.3. The van der Waals surface area contributed by atoms with Crippen LogP contribution in [0.15, 0.2) is 12.4 Å². The van der Waals surface area contributed by atoms with Gasteiger partial charge < -0.3 is 9.64 Å². The topological polar surface area (TPSA) is 50.6 Å². The van der Waals surface area contributed by atoms with Gasteiger partial charge in [0, 0.05) is 50.1 Å². The standard InChI is InChI=1S/C19H32N4O2/c1-16(2)23-13-17(11-20-23)12-22-14-18(24)21(9-10-25-3)15-19(22)7-5-4-6-8-19/h11,13,16H,4-10,12,14-15H2,1-3H3. The average molecular weight is 348 g/mol. The highest BCUT2D eigenvalue weighted by Crippen LogP contribution is 2.37. The highest BCUT2D eigenvalue weighted by molar-refractivity contribution is 5.79. The van der Waals surface area contributed by atoms with Crippen molar-refractivity contribution in [1.82, 2.24) is 19.6 Å². The van der Waals surface area contributed by atoms with Crippen molar-refractivity contribution >= 4 is 5.91 Å². The zero-order chi connectivity index (χ0) is 17.9. The first-order chi connectivity index (χ1) is 12.0. The Labute approximate surface area is 151 Å². The number of carbonyl (C=O) groups is 1. The molecule has 6 nitrogen and oxygen atoms in total. The molecule has 3 rings (SSSR count). The number of hydrogen-bond donors (Lipinski definition) is 0. The third-order valence-corrected chi connectivity index (χ3v) is 5.74. The van der Waals surface area contributed by atoms with Gasteiger partial charge in [0.15, 0.2) is 0 Å². The summed E-state index contributed by atoms with van der Waals surface area (Å²) in [5.41, 5.74) is 1.33. The minimum absolute atomic E-state index is 0.125. The molecule has 2 heterocycles. The number of rotatable bonds is 6. The minimum Gasteiger partial charge on any atom is -0.383 e. The minimum atomic E-state index is 0.125. The van der Waals surface area contributed by atoms with Crippen LogP contribution in [0.2, 0.25) is 0 Å². The fraction of sp³-hybridized carbons (Fsp3) is 0.789. The molecule has 6 heteroatoms. The monoisotopic (exact) mass is 348 g/mol. The number of hydrogen-bond acceptors (Lipinski definition) is 4. The Morgan fingerprint density at radius 2 is 2.04 bits per heavy atom. The fourth-order valence-electron chi connectivity index (χ4n) is 4.25. The summed E-state index contributed by atoms with van der Waals surface area (Å²) in [4.78, 5) is 17.1. The smallest absolute Gasteiger partial charge is 0.236 e. The summed E-state index contributed by atoms with van der Waals surface area (Å²) in [6, 6.07) is 0.366. The van der Waals surface area contributed by atoms with Crippen molar-refractivity contribution in [3.05, 3.63) is 18.0 Å². The summed E-state index contributed by atoms with van der Waals surface area (Å²) in [5, 5.41) is 4.47. The number of nitrogens with zero attached hydrogens (tertiary/aromatic N) is 4. The van der Waals surface area contributed by atoms with Crippen LogP contribution < -0.4 is 0 Å². The zero-order valence-corrected chi connectivity index (χ0v) is 15.9. The van der Waals surface area contributed by atoms with Gasteiger partial charge in [-0.15, -0.1) is 0 Å². The van der Waals surface area contributed by atoms with Crippen LogP contribution in [-0.4, -0.2) is 64.4 Å². The Morgan fingerprint density at radius 1 is 1.28 bits per heavy atom. The van der Waals surface area contributed by atoms with Gasteiger partial charge in [-0.05, 0) is 26.7 Å². The van der Waals surface area contributed by atoms with Gasteiger partial charge in [0.25, 0.3) is 0 Å². The Kier molecular flexibility index (Phi) is 5.79. The molecule has 140 valence electrons. The van der Waals surface area contributed by atoms with Gasteiger partial charge >= 0.3 is 0 Å². The van der Waals surface area contributed by atoms with Crippen molar-refractivity contribution in [2.75, 3.05) is 33.4 Å². The van der Waals surface area contributed by atoms with E-state index in [0.717, 1.165) is 13.1 Å². The van der Waals surface area contributed by atoms with Gasteiger partial charge in [-0.25, -0.2) is 0 Å². The molecule has 2 fully saturated rings. The van der Waals surface area contributed by atoms with Crippen molar-refractivity contribution in [3.63, 3.8) is 0 Å². The van der Waals surface area contributed by atoms with E-state index in [0.29, 0.717) is 25.7 Å². The van der Waals surface area contributed by atoms with Crippen molar-refractivity contribution in [2.45, 2.75) is 64.1 Å². The molecule has 0 radical (unpaired) electrons. The summed E-state index contributed by atoms with van der Waals surface area (Å²) < 4.78 is 7.20. The van der Waals surface area contributed by atoms with Gasteiger partial charge in [0.05, 0.1) is 19.3 Å². The lowest BCUT2D eigenvalue weighted by Gasteiger charge is -2.52. The lowest BCUT2D eigenvalue weighted by molar-refractivity contribution is -0.147. The maximum Gasteiger partial charge on any atom is 0.236 e. The van der Waals surface area contributed by atoms with Crippen LogP contribution in [-0.2, 0) is 16.1 Å². The number of carbonyl (C=O) groups excluding carboxylic acids is 1. The molecule has 1 saturated heterocycles. The number of aromatic nitrogens is 2. The van der Waals surface area contributed by atoms with E-state index in [1.807, 2.05) is 15.8 Å². The quantitative estimate of drug-likeness (QED) is 0.792. The summed E-state index contributed by atoms with van der Waals surface area (Å²) >= 11 is 0. The molecule has 1 aliphatic carbocycles.